The summed E-state index contributed by atoms with van der Waals surface area (Å²) < 4.78 is 2.29. The number of hydrogen-bond acceptors (Lipinski definition) is 1. The fourth-order valence-electron chi connectivity index (χ4n) is 3.87. The summed E-state index contributed by atoms with van der Waals surface area (Å²) in [5.41, 5.74) is 1.31. The van der Waals surface area contributed by atoms with E-state index in [2.05, 4.69) is 80.9 Å². The maximum Gasteiger partial charge on any atom is 0.221 e. The smallest absolute Gasteiger partial charge is 0.221 e. The highest BCUT2D eigenvalue weighted by atomic mass is 28.3. The number of carbonyl (C=O) groups excluding carboxylic acids is 1. The van der Waals surface area contributed by atoms with Crippen LogP contribution in [0, 0.1) is 11.8 Å². The Kier molecular flexibility index (Phi) is 4.03. The van der Waals surface area contributed by atoms with Crippen molar-refractivity contribution >= 4 is 14.1 Å². The molecule has 1 amide bonds. The summed E-state index contributed by atoms with van der Waals surface area (Å²) in [6.07, 6.45) is 6.78. The van der Waals surface area contributed by atoms with Crippen molar-refractivity contribution in [3.05, 3.63) is 48.0 Å². The molecule has 1 saturated heterocycles. The number of benzene rings is 1. The number of allylic oxidation sites excluding steroid dienone is 2. The summed E-state index contributed by atoms with van der Waals surface area (Å²) in [5.74, 6) is 0.959. The zero-order chi connectivity index (χ0) is 16.8. The topological polar surface area (TPSA) is 20.3 Å². The molecule has 1 aliphatic heterocycles. The average molecular weight is 328 g/mol. The molecule has 2 aliphatic rings. The van der Waals surface area contributed by atoms with Gasteiger partial charge < -0.3 is 4.57 Å². The first-order chi connectivity index (χ1) is 10.7. The van der Waals surface area contributed by atoms with E-state index < -0.39 is 8.24 Å². The Bertz CT molecular complexity index is 614. The van der Waals surface area contributed by atoms with Crippen molar-refractivity contribution in [2.45, 2.75) is 57.8 Å². The lowest BCUT2D eigenvalue weighted by Gasteiger charge is -2.59. The monoisotopic (exact) mass is 327 g/mol. The number of rotatable bonds is 3. The minimum atomic E-state index is -1.86. The van der Waals surface area contributed by atoms with Crippen LogP contribution in [0.25, 0.3) is 0 Å². The molecular formula is C20H29NOSi. The molecule has 1 aromatic rings. The number of carbonyl (C=O) groups is 1. The van der Waals surface area contributed by atoms with Crippen LogP contribution in [0.4, 0.5) is 0 Å². The second-order valence-electron chi connectivity index (χ2n) is 8.57. The lowest BCUT2D eigenvalue weighted by Crippen LogP contribution is -2.69. The summed E-state index contributed by atoms with van der Waals surface area (Å²) in [7, 11) is -1.86. The Morgan fingerprint density at radius 2 is 1.78 bits per heavy atom. The van der Waals surface area contributed by atoms with Crippen LogP contribution in [0.3, 0.4) is 0 Å². The molecule has 0 bridgehead atoms. The van der Waals surface area contributed by atoms with E-state index in [4.69, 9.17) is 0 Å². The number of hydrogen-bond donors (Lipinski definition) is 0. The van der Waals surface area contributed by atoms with Crippen molar-refractivity contribution in [3.8, 4) is 0 Å². The van der Waals surface area contributed by atoms with Crippen LogP contribution in [0.5, 0.6) is 0 Å². The number of β-lactam (4-membered cyclic amide) rings is 1. The van der Waals surface area contributed by atoms with Gasteiger partial charge in [0.25, 0.3) is 0 Å². The zero-order valence-corrected chi connectivity index (χ0v) is 16.0. The standard InChI is InChI=1S/C20H29NOSi/c1-20(2,3)23(4,5)21-18(16-13-7-6-8-14-16)17(19(21)22)15-11-9-10-12-15/h6-9,11,13-15,17-18H,10,12H2,1-5H3/t15?,17-,18+/m1/s1. The molecule has 0 radical (unpaired) electrons. The molecule has 1 aromatic carbocycles. The Morgan fingerprint density at radius 3 is 2.30 bits per heavy atom. The molecule has 0 aromatic heterocycles. The Balaban J connectivity index is 1.99. The summed E-state index contributed by atoms with van der Waals surface area (Å²) in [5, 5.41) is 0.173. The van der Waals surface area contributed by atoms with Gasteiger partial charge in [0.2, 0.25) is 5.91 Å². The summed E-state index contributed by atoms with van der Waals surface area (Å²) in [6, 6.07) is 10.9. The van der Waals surface area contributed by atoms with Gasteiger partial charge in [0.05, 0.1) is 12.0 Å². The van der Waals surface area contributed by atoms with E-state index in [0.29, 0.717) is 11.8 Å². The van der Waals surface area contributed by atoms with Gasteiger partial charge in [-0.15, -0.1) is 0 Å². The highest BCUT2D eigenvalue weighted by Crippen LogP contribution is 2.53. The average Bonchev–Trinajstić information content (AvgIpc) is 2.97. The van der Waals surface area contributed by atoms with Crippen molar-refractivity contribution in [1.29, 1.82) is 0 Å². The quantitative estimate of drug-likeness (QED) is 0.427. The first kappa shape index (κ1) is 16.5. The SMILES string of the molecule is CC(C)(C)[Si](C)(C)N1C(=O)[C@H](C2C=CCC2)[C@@H]1c1ccccc1. The molecule has 2 nitrogen and oxygen atoms in total. The molecule has 23 heavy (non-hydrogen) atoms. The van der Waals surface area contributed by atoms with E-state index in [-0.39, 0.29) is 17.0 Å². The van der Waals surface area contributed by atoms with Crippen LogP contribution in [0.2, 0.25) is 18.1 Å². The maximum atomic E-state index is 13.2. The molecule has 0 spiro atoms. The molecule has 3 heteroatoms. The molecule has 1 aliphatic carbocycles. The van der Waals surface area contributed by atoms with Gasteiger partial charge in [-0.25, -0.2) is 0 Å². The zero-order valence-electron chi connectivity index (χ0n) is 15.0. The molecule has 1 heterocycles. The van der Waals surface area contributed by atoms with E-state index >= 15 is 0 Å². The second-order valence-corrected chi connectivity index (χ2v) is 13.7. The van der Waals surface area contributed by atoms with Gasteiger partial charge in [0, 0.05) is 0 Å². The predicted octanol–water partition coefficient (Wildman–Crippen LogP) is 5.16. The number of nitrogens with zero attached hydrogens (tertiary/aromatic N) is 1. The van der Waals surface area contributed by atoms with Crippen LogP contribution in [0.1, 0.15) is 45.2 Å². The molecule has 3 atom stereocenters. The highest BCUT2D eigenvalue weighted by molar-refractivity contribution is 6.80. The van der Waals surface area contributed by atoms with Gasteiger partial charge in [-0.2, -0.15) is 0 Å². The molecule has 3 rings (SSSR count). The van der Waals surface area contributed by atoms with Gasteiger partial charge in [0.1, 0.15) is 0 Å². The van der Waals surface area contributed by atoms with Crippen LogP contribution < -0.4 is 0 Å². The van der Waals surface area contributed by atoms with Crippen molar-refractivity contribution in [2.75, 3.05) is 0 Å². The van der Waals surface area contributed by atoms with Crippen LogP contribution >= 0.6 is 0 Å². The Labute approximate surface area is 141 Å². The molecule has 1 fully saturated rings. The van der Waals surface area contributed by atoms with Gasteiger partial charge in [-0.05, 0) is 29.4 Å². The third kappa shape index (κ3) is 2.59. The van der Waals surface area contributed by atoms with Crippen LogP contribution in [-0.4, -0.2) is 18.7 Å². The van der Waals surface area contributed by atoms with Gasteiger partial charge >= 0.3 is 0 Å². The summed E-state index contributed by atoms with van der Waals surface area (Å²) >= 11 is 0. The molecule has 0 N–H and O–H groups in total. The third-order valence-corrected chi connectivity index (χ3v) is 11.6. The molecule has 0 saturated carbocycles. The third-order valence-electron chi connectivity index (χ3n) is 6.23. The second kappa shape index (κ2) is 5.62. The first-order valence-electron chi connectivity index (χ1n) is 8.80. The van der Waals surface area contributed by atoms with Crippen molar-refractivity contribution in [1.82, 2.24) is 4.57 Å². The molecular weight excluding hydrogens is 298 g/mol. The van der Waals surface area contributed by atoms with Crippen molar-refractivity contribution < 1.29 is 4.79 Å². The van der Waals surface area contributed by atoms with Gasteiger partial charge in [-0.1, -0.05) is 76.3 Å². The Hall–Kier alpha value is -1.35. The molecule has 124 valence electrons. The van der Waals surface area contributed by atoms with Crippen molar-refractivity contribution in [3.63, 3.8) is 0 Å². The minimum Gasteiger partial charge on any atom is -0.361 e. The fraction of sp³-hybridized carbons (Fsp3) is 0.550. The summed E-state index contributed by atoms with van der Waals surface area (Å²) in [6.45, 7) is 11.6. The van der Waals surface area contributed by atoms with Crippen molar-refractivity contribution in [2.24, 2.45) is 11.8 Å². The van der Waals surface area contributed by atoms with E-state index in [0.717, 1.165) is 12.8 Å². The molecule has 1 unspecified atom stereocenters. The Morgan fingerprint density at radius 1 is 1.13 bits per heavy atom. The van der Waals surface area contributed by atoms with Crippen LogP contribution in [0.15, 0.2) is 42.5 Å². The predicted molar refractivity (Wildman–Crippen MR) is 98.6 cm³/mol. The number of amides is 1. The lowest BCUT2D eigenvalue weighted by atomic mass is 9.76. The van der Waals surface area contributed by atoms with E-state index in [9.17, 15) is 4.79 Å². The van der Waals surface area contributed by atoms with E-state index in [1.165, 1.54) is 5.56 Å². The minimum absolute atomic E-state index is 0.144. The van der Waals surface area contributed by atoms with E-state index in [1.54, 1.807) is 0 Å². The largest absolute Gasteiger partial charge is 0.361 e. The highest BCUT2D eigenvalue weighted by Gasteiger charge is 2.59. The van der Waals surface area contributed by atoms with Crippen LogP contribution in [-0.2, 0) is 4.79 Å². The van der Waals surface area contributed by atoms with E-state index in [1.807, 2.05) is 0 Å². The van der Waals surface area contributed by atoms with Gasteiger partial charge in [0.15, 0.2) is 8.24 Å². The maximum absolute atomic E-state index is 13.2. The first-order valence-corrected chi connectivity index (χ1v) is 11.7. The normalized spacial score (nSPS) is 28.1. The van der Waals surface area contributed by atoms with Gasteiger partial charge in [-0.3, -0.25) is 4.79 Å². The fourth-order valence-corrected chi connectivity index (χ4v) is 6.30. The lowest BCUT2D eigenvalue weighted by molar-refractivity contribution is -0.151. The summed E-state index contributed by atoms with van der Waals surface area (Å²) in [4.78, 5) is 13.2.